The van der Waals surface area contributed by atoms with Crippen molar-refractivity contribution in [2.75, 3.05) is 24.6 Å². The van der Waals surface area contributed by atoms with Crippen molar-refractivity contribution in [1.29, 1.82) is 5.26 Å². The molecule has 0 amide bonds. The summed E-state index contributed by atoms with van der Waals surface area (Å²) in [5.74, 6) is 1.26. The van der Waals surface area contributed by atoms with Gasteiger partial charge in [0.15, 0.2) is 6.61 Å². The Morgan fingerprint density at radius 2 is 1.94 bits per heavy atom. The molecule has 0 unspecified atom stereocenters. The lowest BCUT2D eigenvalue weighted by Gasteiger charge is -2.27. The number of ether oxygens (including phenoxy) is 1. The van der Waals surface area contributed by atoms with E-state index >= 15 is 0 Å². The molecule has 5 heteroatoms. The molecule has 0 radical (unpaired) electrons. The maximum Gasteiger partial charge on any atom is 0.228 e. The van der Waals surface area contributed by atoms with Gasteiger partial charge in [-0.25, -0.2) is 4.98 Å². The third-order valence-electron chi connectivity index (χ3n) is 3.25. The Balaban J connectivity index is 2.25. The topological polar surface area (TPSA) is 62.0 Å². The summed E-state index contributed by atoms with van der Waals surface area (Å²) in [6.07, 6.45) is 3.65. The Morgan fingerprint density at radius 1 is 1.22 bits per heavy atom. The van der Waals surface area contributed by atoms with E-state index in [9.17, 15) is 0 Å². The Labute approximate surface area is 107 Å². The summed E-state index contributed by atoms with van der Waals surface area (Å²) in [6.45, 7) is 5.89. The highest BCUT2D eigenvalue weighted by Crippen LogP contribution is 2.23. The molecule has 0 aliphatic carbocycles. The van der Waals surface area contributed by atoms with E-state index in [-0.39, 0.29) is 6.61 Å². The van der Waals surface area contributed by atoms with Crippen molar-refractivity contribution >= 4 is 5.95 Å². The first-order chi connectivity index (χ1) is 8.72. The standard InChI is InChI=1S/C13H18N4O/c1-10-11(2)15-13(16-12(10)18-9-6-14)17-7-4-3-5-8-17/h3-5,7-9H2,1-2H3. The van der Waals surface area contributed by atoms with Crippen LogP contribution in [-0.2, 0) is 0 Å². The van der Waals surface area contributed by atoms with Crippen molar-refractivity contribution in [3.63, 3.8) is 0 Å². The van der Waals surface area contributed by atoms with E-state index in [1.165, 1.54) is 19.3 Å². The number of piperidine rings is 1. The van der Waals surface area contributed by atoms with Crippen LogP contribution in [0.4, 0.5) is 5.95 Å². The smallest absolute Gasteiger partial charge is 0.228 e. The first-order valence-electron chi connectivity index (χ1n) is 6.32. The number of aromatic nitrogens is 2. The molecule has 5 nitrogen and oxygen atoms in total. The molecule has 0 saturated carbocycles. The van der Waals surface area contributed by atoms with Gasteiger partial charge in [-0.3, -0.25) is 0 Å². The first kappa shape index (κ1) is 12.6. The molecule has 1 saturated heterocycles. The minimum atomic E-state index is 0.0245. The summed E-state index contributed by atoms with van der Waals surface area (Å²) < 4.78 is 5.36. The normalized spacial score (nSPS) is 15.3. The molecule has 18 heavy (non-hydrogen) atoms. The largest absolute Gasteiger partial charge is 0.462 e. The molecule has 0 aromatic carbocycles. The van der Waals surface area contributed by atoms with Gasteiger partial charge in [-0.05, 0) is 33.1 Å². The number of nitrogens with zero attached hydrogens (tertiary/aromatic N) is 4. The lowest BCUT2D eigenvalue weighted by Crippen LogP contribution is -2.31. The Bertz CT molecular complexity index is 461. The van der Waals surface area contributed by atoms with Crippen molar-refractivity contribution in [2.24, 2.45) is 0 Å². The fourth-order valence-corrected chi connectivity index (χ4v) is 2.06. The quantitative estimate of drug-likeness (QED) is 0.816. The Kier molecular flexibility index (Phi) is 3.98. The minimum Gasteiger partial charge on any atom is -0.462 e. The van der Waals surface area contributed by atoms with Crippen LogP contribution in [0, 0.1) is 25.2 Å². The highest BCUT2D eigenvalue weighted by Gasteiger charge is 2.16. The molecule has 0 spiro atoms. The zero-order valence-electron chi connectivity index (χ0n) is 10.9. The lowest BCUT2D eigenvalue weighted by atomic mass is 10.1. The highest BCUT2D eigenvalue weighted by atomic mass is 16.5. The monoisotopic (exact) mass is 246 g/mol. The second-order valence-corrected chi connectivity index (χ2v) is 4.53. The van der Waals surface area contributed by atoms with E-state index in [1.807, 2.05) is 19.9 Å². The number of aryl methyl sites for hydroxylation is 1. The lowest BCUT2D eigenvalue weighted by molar-refractivity contribution is 0.349. The number of hydrogen-bond donors (Lipinski definition) is 0. The number of anilines is 1. The second kappa shape index (κ2) is 5.67. The zero-order valence-corrected chi connectivity index (χ0v) is 10.9. The van der Waals surface area contributed by atoms with Gasteiger partial charge >= 0.3 is 0 Å². The van der Waals surface area contributed by atoms with Crippen molar-refractivity contribution in [1.82, 2.24) is 9.97 Å². The SMILES string of the molecule is Cc1nc(N2CCCCC2)nc(OCC#N)c1C. The summed E-state index contributed by atoms with van der Waals surface area (Å²) in [5, 5.41) is 8.58. The highest BCUT2D eigenvalue weighted by molar-refractivity contribution is 5.39. The van der Waals surface area contributed by atoms with Crippen LogP contribution in [0.15, 0.2) is 0 Å². The predicted molar refractivity (Wildman–Crippen MR) is 68.7 cm³/mol. The molecule has 1 aliphatic heterocycles. The third kappa shape index (κ3) is 2.70. The molecular weight excluding hydrogens is 228 g/mol. The van der Waals surface area contributed by atoms with E-state index in [2.05, 4.69) is 14.9 Å². The molecule has 2 rings (SSSR count). The molecule has 0 bridgehead atoms. The molecule has 1 fully saturated rings. The zero-order chi connectivity index (χ0) is 13.0. The van der Waals surface area contributed by atoms with Crippen LogP contribution < -0.4 is 9.64 Å². The average molecular weight is 246 g/mol. The minimum absolute atomic E-state index is 0.0245. The van der Waals surface area contributed by atoms with Crippen LogP contribution >= 0.6 is 0 Å². The van der Waals surface area contributed by atoms with E-state index < -0.39 is 0 Å². The summed E-state index contributed by atoms with van der Waals surface area (Å²) in [4.78, 5) is 11.1. The summed E-state index contributed by atoms with van der Waals surface area (Å²) in [7, 11) is 0. The average Bonchev–Trinajstić information content (AvgIpc) is 2.41. The molecule has 1 aromatic heterocycles. The van der Waals surface area contributed by atoms with Crippen LogP contribution in [0.2, 0.25) is 0 Å². The van der Waals surface area contributed by atoms with Gasteiger partial charge in [0.1, 0.15) is 6.07 Å². The van der Waals surface area contributed by atoms with Gasteiger partial charge in [0, 0.05) is 24.3 Å². The number of nitriles is 1. The second-order valence-electron chi connectivity index (χ2n) is 4.53. The van der Waals surface area contributed by atoms with Gasteiger partial charge in [-0.15, -0.1) is 0 Å². The number of hydrogen-bond acceptors (Lipinski definition) is 5. The van der Waals surface area contributed by atoms with E-state index in [0.717, 1.165) is 30.3 Å². The molecular formula is C13H18N4O. The number of rotatable bonds is 3. The van der Waals surface area contributed by atoms with Crippen LogP contribution in [0.1, 0.15) is 30.5 Å². The van der Waals surface area contributed by atoms with E-state index in [0.29, 0.717) is 5.88 Å². The Morgan fingerprint density at radius 3 is 2.61 bits per heavy atom. The van der Waals surface area contributed by atoms with E-state index in [1.54, 1.807) is 0 Å². The first-order valence-corrected chi connectivity index (χ1v) is 6.32. The van der Waals surface area contributed by atoms with Crippen molar-refractivity contribution in [3.05, 3.63) is 11.3 Å². The van der Waals surface area contributed by atoms with Gasteiger partial charge in [0.25, 0.3) is 0 Å². The Hall–Kier alpha value is -1.83. The molecule has 2 heterocycles. The fraction of sp³-hybridized carbons (Fsp3) is 0.615. The fourth-order valence-electron chi connectivity index (χ4n) is 2.06. The maximum absolute atomic E-state index is 8.58. The van der Waals surface area contributed by atoms with Gasteiger partial charge in [0.2, 0.25) is 11.8 Å². The molecule has 0 N–H and O–H groups in total. The summed E-state index contributed by atoms with van der Waals surface area (Å²) in [6, 6.07) is 1.97. The molecule has 1 aliphatic rings. The van der Waals surface area contributed by atoms with Crippen LogP contribution in [0.3, 0.4) is 0 Å². The van der Waals surface area contributed by atoms with Crippen molar-refractivity contribution < 1.29 is 4.74 Å². The maximum atomic E-state index is 8.58. The van der Waals surface area contributed by atoms with E-state index in [4.69, 9.17) is 10.00 Å². The summed E-state index contributed by atoms with van der Waals surface area (Å²) >= 11 is 0. The van der Waals surface area contributed by atoms with Crippen LogP contribution in [-0.4, -0.2) is 29.7 Å². The van der Waals surface area contributed by atoms with Crippen LogP contribution in [0.5, 0.6) is 5.88 Å². The molecule has 0 atom stereocenters. The van der Waals surface area contributed by atoms with Crippen molar-refractivity contribution in [3.8, 4) is 11.9 Å². The molecule has 96 valence electrons. The van der Waals surface area contributed by atoms with Crippen molar-refractivity contribution in [2.45, 2.75) is 33.1 Å². The molecule has 1 aromatic rings. The predicted octanol–water partition coefficient (Wildman–Crippen LogP) is 1.99. The third-order valence-corrected chi connectivity index (χ3v) is 3.25. The van der Waals surface area contributed by atoms with Gasteiger partial charge in [-0.1, -0.05) is 0 Å². The van der Waals surface area contributed by atoms with Gasteiger partial charge < -0.3 is 9.64 Å². The van der Waals surface area contributed by atoms with Gasteiger partial charge in [0.05, 0.1) is 0 Å². The summed E-state index contributed by atoms with van der Waals surface area (Å²) in [5.41, 5.74) is 1.82. The van der Waals surface area contributed by atoms with Gasteiger partial charge in [-0.2, -0.15) is 10.2 Å². The van der Waals surface area contributed by atoms with Crippen LogP contribution in [0.25, 0.3) is 0 Å².